The molecule has 0 N–H and O–H groups in total. The minimum atomic E-state index is -0.449. The van der Waals surface area contributed by atoms with Gasteiger partial charge in [0.15, 0.2) is 0 Å². The molecule has 1 aromatic carbocycles. The largest absolute Gasteiger partial charge is 0.492 e. The predicted molar refractivity (Wildman–Crippen MR) is 131 cm³/mol. The summed E-state index contributed by atoms with van der Waals surface area (Å²) in [6, 6.07) is 6.44. The Morgan fingerprint density at radius 1 is 1.09 bits per heavy atom. The average molecular weight is 454 g/mol. The number of carbonyl (C=O) groups is 2. The summed E-state index contributed by atoms with van der Waals surface area (Å²) in [5.41, 5.74) is 0.818. The van der Waals surface area contributed by atoms with Crippen molar-refractivity contribution in [3.05, 3.63) is 78.4 Å². The van der Waals surface area contributed by atoms with Crippen LogP contribution in [0.1, 0.15) is 33.6 Å². The van der Waals surface area contributed by atoms with Gasteiger partial charge in [-0.1, -0.05) is 45.7 Å². The Morgan fingerprint density at radius 3 is 2.36 bits per heavy atom. The van der Waals surface area contributed by atoms with Gasteiger partial charge in [-0.15, -0.1) is 0 Å². The van der Waals surface area contributed by atoms with Crippen molar-refractivity contribution in [1.82, 2.24) is 4.90 Å². The minimum absolute atomic E-state index is 0.296. The minimum Gasteiger partial charge on any atom is -0.492 e. The molecule has 3 rings (SSSR count). The molecule has 0 fully saturated rings. The Hall–Kier alpha value is -3.87. The van der Waals surface area contributed by atoms with Crippen molar-refractivity contribution < 1.29 is 23.2 Å². The zero-order valence-corrected chi connectivity index (χ0v) is 19.5. The van der Waals surface area contributed by atoms with Crippen LogP contribution < -0.4 is 10.4 Å². The molecule has 2 amide bonds. The Bertz CT molecular complexity index is 1150. The first kappa shape index (κ1) is 27.2. The van der Waals surface area contributed by atoms with Gasteiger partial charge in [0, 0.05) is 24.3 Å². The molecule has 0 aliphatic rings. The maximum atomic E-state index is 11.8. The summed E-state index contributed by atoms with van der Waals surface area (Å²) in [6.45, 7) is 16.5. The van der Waals surface area contributed by atoms with Gasteiger partial charge < -0.3 is 13.6 Å². The third-order valence-electron chi connectivity index (χ3n) is 4.27. The molecule has 0 bridgehead atoms. The van der Waals surface area contributed by atoms with Gasteiger partial charge in [-0.2, -0.15) is 0 Å². The van der Waals surface area contributed by atoms with Gasteiger partial charge in [0.1, 0.15) is 16.9 Å². The van der Waals surface area contributed by atoms with E-state index < -0.39 is 5.63 Å². The van der Waals surface area contributed by atoms with Crippen LogP contribution in [0.4, 0.5) is 0 Å². The van der Waals surface area contributed by atoms with Gasteiger partial charge in [0.25, 0.3) is 5.91 Å². The number of hydrogen-bond donors (Lipinski definition) is 0. The van der Waals surface area contributed by atoms with E-state index in [0.29, 0.717) is 60.3 Å². The summed E-state index contributed by atoms with van der Waals surface area (Å²) in [4.78, 5) is 35.3. The summed E-state index contributed by atoms with van der Waals surface area (Å²) in [5, 5.41) is 1.46. The molecule has 0 atom stereocenters. The number of rotatable bonds is 9. The SMILES string of the molecule is C=C(C)C(=O)N(C=O)CCCCOc1c2ccoc2cc2oc(=O)ccc12.C=CC=C.CC. The Balaban J connectivity index is 0.000000820. The molecule has 7 nitrogen and oxygen atoms in total. The van der Waals surface area contributed by atoms with E-state index in [1.165, 1.54) is 6.07 Å². The molecule has 0 unspecified atom stereocenters. The first-order valence-electron chi connectivity index (χ1n) is 10.6. The van der Waals surface area contributed by atoms with Gasteiger partial charge in [0.2, 0.25) is 6.41 Å². The first-order chi connectivity index (χ1) is 15.9. The van der Waals surface area contributed by atoms with Gasteiger partial charge in [0.05, 0.1) is 23.6 Å². The van der Waals surface area contributed by atoms with E-state index in [2.05, 4.69) is 19.7 Å². The van der Waals surface area contributed by atoms with Crippen molar-refractivity contribution in [2.75, 3.05) is 13.2 Å². The van der Waals surface area contributed by atoms with Gasteiger partial charge in [-0.25, -0.2) is 4.79 Å². The molecule has 0 aliphatic heterocycles. The van der Waals surface area contributed by atoms with Crippen LogP contribution in [0.5, 0.6) is 5.75 Å². The molecule has 7 heteroatoms. The zero-order chi connectivity index (χ0) is 24.8. The van der Waals surface area contributed by atoms with Gasteiger partial charge in [-0.05, 0) is 31.9 Å². The van der Waals surface area contributed by atoms with Crippen molar-refractivity contribution in [1.29, 1.82) is 0 Å². The third kappa shape index (κ3) is 7.64. The summed E-state index contributed by atoms with van der Waals surface area (Å²) >= 11 is 0. The highest BCUT2D eigenvalue weighted by atomic mass is 16.5. The number of hydrogen-bond acceptors (Lipinski definition) is 6. The summed E-state index contributed by atoms with van der Waals surface area (Å²) < 4.78 is 16.5. The van der Waals surface area contributed by atoms with E-state index in [-0.39, 0.29) is 5.91 Å². The fourth-order valence-corrected chi connectivity index (χ4v) is 2.77. The molecule has 176 valence electrons. The zero-order valence-electron chi connectivity index (χ0n) is 19.5. The molecule has 33 heavy (non-hydrogen) atoms. The van der Waals surface area contributed by atoms with Crippen LogP contribution in [-0.2, 0) is 9.59 Å². The highest BCUT2D eigenvalue weighted by molar-refractivity contribution is 6.01. The summed E-state index contributed by atoms with van der Waals surface area (Å²) in [5.74, 6) is 0.195. The number of unbranched alkanes of at least 4 members (excludes halogenated alkanes) is 1. The van der Waals surface area contributed by atoms with Crippen LogP contribution in [0.15, 0.2) is 81.6 Å². The number of amides is 2. The lowest BCUT2D eigenvalue weighted by Gasteiger charge is -2.15. The lowest BCUT2D eigenvalue weighted by atomic mass is 10.1. The monoisotopic (exact) mass is 453 g/mol. The predicted octanol–water partition coefficient (Wildman–Crippen LogP) is 5.64. The fraction of sp³-hybridized carbons (Fsp3) is 0.269. The molecular formula is C26H31NO6. The van der Waals surface area contributed by atoms with Crippen molar-refractivity contribution in [3.8, 4) is 5.75 Å². The molecular weight excluding hydrogens is 422 g/mol. The molecule has 3 aromatic rings. The lowest BCUT2D eigenvalue weighted by Crippen LogP contribution is -2.31. The molecule has 2 aromatic heterocycles. The van der Waals surface area contributed by atoms with Crippen LogP contribution in [-0.4, -0.2) is 30.4 Å². The van der Waals surface area contributed by atoms with Gasteiger partial charge in [-0.3, -0.25) is 14.5 Å². The highest BCUT2D eigenvalue weighted by Crippen LogP contribution is 2.35. The smallest absolute Gasteiger partial charge is 0.336 e. The van der Waals surface area contributed by atoms with Crippen molar-refractivity contribution in [3.63, 3.8) is 0 Å². The van der Waals surface area contributed by atoms with E-state index in [1.54, 1.807) is 43.5 Å². The maximum Gasteiger partial charge on any atom is 0.336 e. The Labute approximate surface area is 193 Å². The number of fused-ring (bicyclic) bond motifs is 2. The molecule has 2 heterocycles. The number of ether oxygens (including phenoxy) is 1. The van der Waals surface area contributed by atoms with Gasteiger partial charge >= 0.3 is 5.63 Å². The van der Waals surface area contributed by atoms with E-state index in [9.17, 15) is 14.4 Å². The Kier molecular flexibility index (Phi) is 11.7. The summed E-state index contributed by atoms with van der Waals surface area (Å²) in [6.07, 6.45) is 6.55. The standard InChI is InChI=1S/C20H19NO6.C4H6.C2H6/c1-13(2)20(24)21(12-22)8-3-4-9-26-19-14-5-6-18(23)27-17(14)11-16-15(19)7-10-25-16;1-3-4-2;1-2/h5-7,10-12H,1,3-4,8-9H2,2H3;3-4H,1-2H2;1-2H3. The second-order valence-corrected chi connectivity index (χ2v) is 6.62. The van der Waals surface area contributed by atoms with Crippen LogP contribution in [0.25, 0.3) is 21.9 Å². The molecule has 0 saturated heterocycles. The van der Waals surface area contributed by atoms with Crippen molar-refractivity contribution >= 4 is 34.3 Å². The second kappa shape index (κ2) is 14.2. The van der Waals surface area contributed by atoms with Crippen LogP contribution >= 0.6 is 0 Å². The number of carbonyl (C=O) groups excluding carboxylic acids is 2. The molecule has 0 spiro atoms. The Morgan fingerprint density at radius 2 is 1.76 bits per heavy atom. The van der Waals surface area contributed by atoms with Crippen molar-refractivity contribution in [2.45, 2.75) is 33.6 Å². The van der Waals surface area contributed by atoms with E-state index in [0.717, 1.165) is 10.3 Å². The average Bonchev–Trinajstić information content (AvgIpc) is 3.29. The highest BCUT2D eigenvalue weighted by Gasteiger charge is 2.14. The van der Waals surface area contributed by atoms with E-state index in [4.69, 9.17) is 13.6 Å². The maximum absolute atomic E-state index is 11.8. The first-order valence-corrected chi connectivity index (χ1v) is 10.6. The van der Waals surface area contributed by atoms with Crippen LogP contribution in [0, 0.1) is 0 Å². The number of benzene rings is 1. The molecule has 0 saturated carbocycles. The second-order valence-electron chi connectivity index (χ2n) is 6.62. The number of imide groups is 1. The third-order valence-corrected chi connectivity index (χ3v) is 4.27. The number of allylic oxidation sites excluding steroid dienone is 2. The van der Waals surface area contributed by atoms with Crippen LogP contribution in [0.2, 0.25) is 0 Å². The summed E-state index contributed by atoms with van der Waals surface area (Å²) in [7, 11) is 0. The van der Waals surface area contributed by atoms with E-state index >= 15 is 0 Å². The van der Waals surface area contributed by atoms with Crippen LogP contribution in [0.3, 0.4) is 0 Å². The quantitative estimate of drug-likeness (QED) is 0.137. The molecule has 0 radical (unpaired) electrons. The molecule has 0 aliphatic carbocycles. The van der Waals surface area contributed by atoms with Crippen molar-refractivity contribution in [2.24, 2.45) is 0 Å². The number of nitrogens with zero attached hydrogens (tertiary/aromatic N) is 1. The number of furan rings is 1. The van der Waals surface area contributed by atoms with E-state index in [1.807, 2.05) is 13.8 Å². The lowest BCUT2D eigenvalue weighted by molar-refractivity contribution is -0.135. The normalized spacial score (nSPS) is 9.67. The fourth-order valence-electron chi connectivity index (χ4n) is 2.77. The topological polar surface area (TPSA) is 90.0 Å².